The zero-order chi connectivity index (χ0) is 10.7. The maximum absolute atomic E-state index is 5.81. The molecule has 1 fully saturated rings. The first-order chi connectivity index (χ1) is 7.31. The molecule has 15 heavy (non-hydrogen) atoms. The third-order valence-corrected chi connectivity index (χ3v) is 3.74. The average Bonchev–Trinajstić information content (AvgIpc) is 2.30. The Morgan fingerprint density at radius 1 is 1.33 bits per heavy atom. The van der Waals surface area contributed by atoms with E-state index in [-0.39, 0.29) is 0 Å². The van der Waals surface area contributed by atoms with Crippen LogP contribution in [-0.4, -0.2) is 19.6 Å². The Labute approximate surface area is 99.4 Å². The van der Waals surface area contributed by atoms with Crippen molar-refractivity contribution in [3.63, 3.8) is 0 Å². The van der Waals surface area contributed by atoms with Crippen molar-refractivity contribution in [3.05, 3.63) is 34.3 Å². The van der Waals surface area contributed by atoms with Crippen molar-refractivity contribution < 1.29 is 0 Å². The second-order valence-corrected chi connectivity index (χ2v) is 5.06. The van der Waals surface area contributed by atoms with E-state index in [1.807, 2.05) is 0 Å². The zero-order valence-electron chi connectivity index (χ0n) is 8.75. The number of hydrogen-bond acceptors (Lipinski definition) is 2. The topological polar surface area (TPSA) is 38.0 Å². The van der Waals surface area contributed by atoms with Gasteiger partial charge in [-0.15, -0.1) is 0 Å². The molecule has 0 amide bonds. The van der Waals surface area contributed by atoms with Crippen molar-refractivity contribution in [1.29, 1.82) is 0 Å². The predicted octanol–water partition coefficient (Wildman–Crippen LogP) is 2.10. The van der Waals surface area contributed by atoms with Crippen LogP contribution in [0.2, 0.25) is 0 Å². The Balaban J connectivity index is 2.16. The number of hydrogen-bond donors (Lipinski definition) is 2. The fraction of sp³-hybridized carbons (Fsp3) is 0.500. The fourth-order valence-corrected chi connectivity index (χ4v) is 2.58. The summed E-state index contributed by atoms with van der Waals surface area (Å²) in [7, 11) is 0. The number of rotatable bonds is 2. The fourth-order valence-electron chi connectivity index (χ4n) is 2.32. The van der Waals surface area contributed by atoms with Crippen LogP contribution in [0.15, 0.2) is 28.7 Å². The molecule has 0 bridgehead atoms. The van der Waals surface area contributed by atoms with Crippen molar-refractivity contribution in [2.45, 2.75) is 12.3 Å². The van der Waals surface area contributed by atoms with E-state index < -0.39 is 0 Å². The van der Waals surface area contributed by atoms with Gasteiger partial charge in [0.05, 0.1) is 0 Å². The lowest BCUT2D eigenvalue weighted by molar-refractivity contribution is 0.333. The number of halogens is 1. The summed E-state index contributed by atoms with van der Waals surface area (Å²) < 4.78 is 1.14. The van der Waals surface area contributed by atoms with Crippen molar-refractivity contribution in [2.24, 2.45) is 11.7 Å². The van der Waals surface area contributed by atoms with Crippen molar-refractivity contribution in [2.75, 3.05) is 19.6 Å². The molecular formula is C12H17BrN2. The molecule has 2 unspecified atom stereocenters. The number of nitrogens with two attached hydrogens (primary N) is 1. The third-order valence-electron chi connectivity index (χ3n) is 3.21. The Hall–Kier alpha value is -0.380. The Kier molecular flexibility index (Phi) is 3.78. The van der Waals surface area contributed by atoms with E-state index in [1.54, 1.807) is 0 Å². The van der Waals surface area contributed by atoms with Crippen LogP contribution in [0.5, 0.6) is 0 Å². The van der Waals surface area contributed by atoms with E-state index in [0.29, 0.717) is 11.8 Å². The zero-order valence-corrected chi connectivity index (χ0v) is 10.3. The van der Waals surface area contributed by atoms with Gasteiger partial charge in [-0.1, -0.05) is 28.1 Å². The molecule has 0 spiro atoms. The first-order valence-corrected chi connectivity index (χ1v) is 6.27. The van der Waals surface area contributed by atoms with Gasteiger partial charge in [-0.2, -0.15) is 0 Å². The largest absolute Gasteiger partial charge is 0.330 e. The molecular weight excluding hydrogens is 252 g/mol. The number of piperidine rings is 1. The minimum Gasteiger partial charge on any atom is -0.330 e. The second kappa shape index (κ2) is 5.10. The van der Waals surface area contributed by atoms with Crippen LogP contribution in [0.25, 0.3) is 0 Å². The molecule has 0 saturated carbocycles. The molecule has 3 heteroatoms. The van der Waals surface area contributed by atoms with Crippen LogP contribution in [0.1, 0.15) is 17.9 Å². The average molecular weight is 269 g/mol. The van der Waals surface area contributed by atoms with Crippen LogP contribution in [0.4, 0.5) is 0 Å². The summed E-state index contributed by atoms with van der Waals surface area (Å²) >= 11 is 3.46. The summed E-state index contributed by atoms with van der Waals surface area (Å²) in [6, 6.07) is 8.65. The monoisotopic (exact) mass is 268 g/mol. The van der Waals surface area contributed by atoms with Gasteiger partial charge < -0.3 is 11.1 Å². The highest BCUT2D eigenvalue weighted by molar-refractivity contribution is 9.10. The van der Waals surface area contributed by atoms with Crippen LogP contribution in [0.3, 0.4) is 0 Å². The quantitative estimate of drug-likeness (QED) is 0.863. The lowest BCUT2D eigenvalue weighted by Crippen LogP contribution is -2.39. The lowest BCUT2D eigenvalue weighted by atomic mass is 9.81. The molecule has 2 nitrogen and oxygen atoms in total. The second-order valence-electron chi connectivity index (χ2n) is 4.15. The predicted molar refractivity (Wildman–Crippen MR) is 66.9 cm³/mol. The van der Waals surface area contributed by atoms with Gasteiger partial charge in [0.2, 0.25) is 0 Å². The van der Waals surface area contributed by atoms with Crippen LogP contribution < -0.4 is 11.1 Å². The summed E-state index contributed by atoms with van der Waals surface area (Å²) in [5, 5.41) is 3.41. The van der Waals surface area contributed by atoms with E-state index in [2.05, 4.69) is 45.5 Å². The summed E-state index contributed by atoms with van der Waals surface area (Å²) in [5.74, 6) is 1.21. The Morgan fingerprint density at radius 3 is 2.73 bits per heavy atom. The Bertz CT molecular complexity index is 310. The third kappa shape index (κ3) is 2.60. The first kappa shape index (κ1) is 11.1. The minimum absolute atomic E-state index is 0.583. The molecule has 1 saturated heterocycles. The highest BCUT2D eigenvalue weighted by Gasteiger charge is 2.24. The van der Waals surface area contributed by atoms with Gasteiger partial charge in [0.15, 0.2) is 0 Å². The molecule has 1 aliphatic rings. The van der Waals surface area contributed by atoms with Gasteiger partial charge in [0.25, 0.3) is 0 Å². The molecule has 0 aliphatic carbocycles. The SMILES string of the molecule is NCC1CNCCC1c1ccc(Br)cc1. The maximum Gasteiger partial charge on any atom is 0.0175 e. The minimum atomic E-state index is 0.583. The van der Waals surface area contributed by atoms with Gasteiger partial charge in [-0.3, -0.25) is 0 Å². The summed E-state index contributed by atoms with van der Waals surface area (Å²) in [6.45, 7) is 2.93. The molecule has 1 heterocycles. The smallest absolute Gasteiger partial charge is 0.0175 e. The van der Waals surface area contributed by atoms with E-state index in [1.165, 1.54) is 12.0 Å². The van der Waals surface area contributed by atoms with Gasteiger partial charge in [-0.05, 0) is 55.6 Å². The van der Waals surface area contributed by atoms with E-state index in [0.717, 1.165) is 24.1 Å². The molecule has 3 N–H and O–H groups in total. The van der Waals surface area contributed by atoms with E-state index >= 15 is 0 Å². The van der Waals surface area contributed by atoms with Crippen molar-refractivity contribution in [1.82, 2.24) is 5.32 Å². The van der Waals surface area contributed by atoms with Crippen molar-refractivity contribution >= 4 is 15.9 Å². The maximum atomic E-state index is 5.81. The Morgan fingerprint density at radius 2 is 2.07 bits per heavy atom. The molecule has 1 aromatic carbocycles. The molecule has 1 aliphatic heterocycles. The van der Waals surface area contributed by atoms with Gasteiger partial charge >= 0.3 is 0 Å². The van der Waals surface area contributed by atoms with Crippen molar-refractivity contribution in [3.8, 4) is 0 Å². The molecule has 0 radical (unpaired) electrons. The standard InChI is InChI=1S/C12H17BrN2/c13-11-3-1-9(2-4-11)12-5-6-15-8-10(12)7-14/h1-4,10,12,15H,5-8,14H2. The summed E-state index contributed by atoms with van der Waals surface area (Å²) in [5.41, 5.74) is 7.24. The molecule has 1 aromatic rings. The van der Waals surface area contributed by atoms with Gasteiger partial charge in [0.1, 0.15) is 0 Å². The summed E-state index contributed by atoms with van der Waals surface area (Å²) in [4.78, 5) is 0. The van der Waals surface area contributed by atoms with E-state index in [9.17, 15) is 0 Å². The molecule has 2 rings (SSSR count). The van der Waals surface area contributed by atoms with Crippen LogP contribution in [0, 0.1) is 5.92 Å². The lowest BCUT2D eigenvalue weighted by Gasteiger charge is -2.31. The summed E-state index contributed by atoms with van der Waals surface area (Å²) in [6.07, 6.45) is 1.20. The van der Waals surface area contributed by atoms with E-state index in [4.69, 9.17) is 5.73 Å². The van der Waals surface area contributed by atoms with Gasteiger partial charge in [0, 0.05) is 4.47 Å². The van der Waals surface area contributed by atoms with Crippen LogP contribution >= 0.6 is 15.9 Å². The first-order valence-electron chi connectivity index (χ1n) is 5.47. The molecule has 0 aromatic heterocycles. The normalized spacial score (nSPS) is 26.5. The molecule has 82 valence electrons. The highest BCUT2D eigenvalue weighted by atomic mass is 79.9. The number of nitrogens with one attached hydrogen (secondary N) is 1. The van der Waals surface area contributed by atoms with Gasteiger partial charge in [-0.25, -0.2) is 0 Å². The highest BCUT2D eigenvalue weighted by Crippen LogP contribution is 2.30. The van der Waals surface area contributed by atoms with Crippen LogP contribution in [-0.2, 0) is 0 Å². The molecule has 2 atom stereocenters. The number of benzene rings is 1.